The van der Waals surface area contributed by atoms with Crippen LogP contribution in [0.25, 0.3) is 0 Å². The van der Waals surface area contributed by atoms with E-state index in [-0.39, 0.29) is 35.8 Å². The summed E-state index contributed by atoms with van der Waals surface area (Å²) in [6, 6.07) is 8.11. The Kier molecular flexibility index (Phi) is 9.71. The van der Waals surface area contributed by atoms with E-state index >= 15 is 0 Å². The van der Waals surface area contributed by atoms with Crippen LogP contribution in [0.1, 0.15) is 22.2 Å². The van der Waals surface area contributed by atoms with Crippen LogP contribution in [-0.2, 0) is 13.0 Å². The molecule has 27 heavy (non-hydrogen) atoms. The van der Waals surface area contributed by atoms with Crippen molar-refractivity contribution in [3.63, 3.8) is 0 Å². The number of aryl methyl sites for hydroxylation is 1. The van der Waals surface area contributed by atoms with Crippen molar-refractivity contribution in [3.8, 4) is 17.2 Å². The van der Waals surface area contributed by atoms with Crippen LogP contribution in [0.15, 0.2) is 29.3 Å². The molecule has 0 saturated carbocycles. The van der Waals surface area contributed by atoms with Crippen LogP contribution in [0.4, 0.5) is 0 Å². The number of aromatic hydroxyl groups is 1. The zero-order valence-corrected chi connectivity index (χ0v) is 19.5. The number of hydrogen-bond donors (Lipinski definition) is 3. The predicted molar refractivity (Wildman–Crippen MR) is 122 cm³/mol. The molecule has 8 heteroatoms. The number of ether oxygens (including phenoxy) is 2. The van der Waals surface area contributed by atoms with Gasteiger partial charge in [0.05, 0.1) is 14.2 Å². The van der Waals surface area contributed by atoms with E-state index in [1.54, 1.807) is 19.2 Å². The Hall–Kier alpha value is -1.68. The lowest BCUT2D eigenvalue weighted by Crippen LogP contribution is -2.42. The summed E-state index contributed by atoms with van der Waals surface area (Å²) in [4.78, 5) is 6.96. The molecule has 0 bridgehead atoms. The third-order valence-electron chi connectivity index (χ3n) is 3.91. The number of thiophene rings is 1. The van der Waals surface area contributed by atoms with Gasteiger partial charge in [-0.05, 0) is 43.7 Å². The molecule has 1 aromatic heterocycles. The zero-order chi connectivity index (χ0) is 19.1. The molecule has 6 nitrogen and oxygen atoms in total. The number of benzene rings is 1. The molecule has 3 N–H and O–H groups in total. The number of phenols is 1. The van der Waals surface area contributed by atoms with Crippen LogP contribution >= 0.6 is 35.3 Å². The van der Waals surface area contributed by atoms with Gasteiger partial charge in [0, 0.05) is 35.8 Å². The van der Waals surface area contributed by atoms with Crippen LogP contribution in [0, 0.1) is 6.92 Å². The Bertz CT molecular complexity index is 739. The third kappa shape index (κ3) is 6.76. The summed E-state index contributed by atoms with van der Waals surface area (Å²) in [5.74, 6) is 1.48. The number of nitrogens with zero attached hydrogens (tertiary/aromatic N) is 1. The molecular formula is C19H28IN3O3S. The minimum Gasteiger partial charge on any atom is -0.502 e. The van der Waals surface area contributed by atoms with Gasteiger partial charge < -0.3 is 25.2 Å². The molecule has 1 aromatic carbocycles. The molecule has 0 fully saturated rings. The average molecular weight is 505 g/mol. The lowest BCUT2D eigenvalue weighted by atomic mass is 10.2. The summed E-state index contributed by atoms with van der Waals surface area (Å²) < 4.78 is 10.4. The first-order valence-corrected chi connectivity index (χ1v) is 9.24. The van der Waals surface area contributed by atoms with Crippen molar-refractivity contribution in [2.75, 3.05) is 21.3 Å². The SMILES string of the molecule is CN=C(NCc1cc(OC)c(O)c(OC)c1)NC(C)Cc1ccc(C)s1.I. The van der Waals surface area contributed by atoms with Gasteiger partial charge >= 0.3 is 0 Å². The van der Waals surface area contributed by atoms with E-state index < -0.39 is 0 Å². The molecule has 2 aromatic rings. The maximum Gasteiger partial charge on any atom is 0.200 e. The van der Waals surface area contributed by atoms with Gasteiger partial charge in [0.2, 0.25) is 5.75 Å². The number of methoxy groups -OCH3 is 2. The van der Waals surface area contributed by atoms with E-state index in [9.17, 15) is 5.11 Å². The highest BCUT2D eigenvalue weighted by Gasteiger charge is 2.12. The molecule has 0 saturated heterocycles. The fraction of sp³-hybridized carbons (Fsp3) is 0.421. The maximum atomic E-state index is 9.99. The van der Waals surface area contributed by atoms with Crippen LogP contribution in [0.5, 0.6) is 17.2 Å². The summed E-state index contributed by atoms with van der Waals surface area (Å²) in [5.41, 5.74) is 0.918. The molecule has 1 atom stereocenters. The lowest BCUT2D eigenvalue weighted by molar-refractivity contribution is 0.339. The van der Waals surface area contributed by atoms with Crippen molar-refractivity contribution in [1.82, 2.24) is 10.6 Å². The van der Waals surface area contributed by atoms with Gasteiger partial charge in [0.15, 0.2) is 17.5 Å². The second-order valence-electron chi connectivity index (χ2n) is 6.04. The highest BCUT2D eigenvalue weighted by molar-refractivity contribution is 14.0. The molecule has 0 amide bonds. The number of guanidine groups is 1. The number of phenolic OH excluding ortho intramolecular Hbond substituents is 1. The first-order valence-electron chi connectivity index (χ1n) is 8.43. The second-order valence-corrected chi connectivity index (χ2v) is 7.41. The molecule has 1 heterocycles. The molecule has 2 rings (SSSR count). The van der Waals surface area contributed by atoms with E-state index in [0.717, 1.165) is 17.9 Å². The monoisotopic (exact) mass is 505 g/mol. The highest BCUT2D eigenvalue weighted by atomic mass is 127. The topological polar surface area (TPSA) is 75.1 Å². The lowest BCUT2D eigenvalue weighted by Gasteiger charge is -2.18. The maximum absolute atomic E-state index is 9.99. The first-order chi connectivity index (χ1) is 12.5. The Morgan fingerprint density at radius 1 is 1.22 bits per heavy atom. The van der Waals surface area contributed by atoms with Gasteiger partial charge in [0.1, 0.15) is 0 Å². The van der Waals surface area contributed by atoms with E-state index in [1.165, 1.54) is 24.0 Å². The van der Waals surface area contributed by atoms with Gasteiger partial charge in [-0.25, -0.2) is 0 Å². The predicted octanol–water partition coefficient (Wildman–Crippen LogP) is 3.69. The fourth-order valence-electron chi connectivity index (χ4n) is 2.61. The smallest absolute Gasteiger partial charge is 0.200 e. The normalized spacial score (nSPS) is 12.1. The summed E-state index contributed by atoms with van der Waals surface area (Å²) in [5, 5.41) is 16.7. The van der Waals surface area contributed by atoms with E-state index in [1.807, 2.05) is 11.3 Å². The molecule has 0 aliphatic carbocycles. The molecule has 0 radical (unpaired) electrons. The van der Waals surface area contributed by atoms with E-state index in [0.29, 0.717) is 18.0 Å². The largest absolute Gasteiger partial charge is 0.502 e. The Morgan fingerprint density at radius 3 is 2.33 bits per heavy atom. The van der Waals surface area contributed by atoms with Crippen LogP contribution in [-0.4, -0.2) is 38.4 Å². The molecule has 0 aliphatic heterocycles. The minimum atomic E-state index is 0. The Balaban J connectivity index is 0.00000364. The Morgan fingerprint density at radius 2 is 1.85 bits per heavy atom. The van der Waals surface area contributed by atoms with Crippen molar-refractivity contribution in [2.24, 2.45) is 4.99 Å². The molecule has 150 valence electrons. The summed E-state index contributed by atoms with van der Waals surface area (Å²) in [6.45, 7) is 4.78. The quantitative estimate of drug-likeness (QED) is 0.304. The molecular weight excluding hydrogens is 477 g/mol. The van der Waals surface area contributed by atoms with Crippen molar-refractivity contribution < 1.29 is 14.6 Å². The molecule has 1 unspecified atom stereocenters. The average Bonchev–Trinajstić information content (AvgIpc) is 3.03. The van der Waals surface area contributed by atoms with E-state index in [2.05, 4.69) is 41.6 Å². The zero-order valence-electron chi connectivity index (χ0n) is 16.3. The van der Waals surface area contributed by atoms with Gasteiger partial charge in [0.25, 0.3) is 0 Å². The minimum absolute atomic E-state index is 0. The van der Waals surface area contributed by atoms with Crippen molar-refractivity contribution in [3.05, 3.63) is 39.6 Å². The van der Waals surface area contributed by atoms with Gasteiger partial charge in [-0.15, -0.1) is 35.3 Å². The Labute approximate surface area is 182 Å². The highest BCUT2D eigenvalue weighted by Crippen LogP contribution is 2.36. The standard InChI is InChI=1S/C19H27N3O3S.HI/c1-12(8-15-7-6-13(2)26-15)22-19(20-3)21-11-14-9-16(24-4)18(23)17(10-14)25-5;/h6-7,9-10,12,23H,8,11H2,1-5H3,(H2,20,21,22);1H. The summed E-state index contributed by atoms with van der Waals surface area (Å²) in [6.07, 6.45) is 0.945. The number of aliphatic imine (C=N–C) groups is 1. The van der Waals surface area contributed by atoms with Crippen molar-refractivity contribution in [2.45, 2.75) is 32.9 Å². The van der Waals surface area contributed by atoms with Gasteiger partial charge in [-0.2, -0.15) is 0 Å². The third-order valence-corrected chi connectivity index (χ3v) is 4.93. The number of halogens is 1. The van der Waals surface area contributed by atoms with Gasteiger partial charge in [-0.1, -0.05) is 0 Å². The van der Waals surface area contributed by atoms with Crippen molar-refractivity contribution in [1.29, 1.82) is 0 Å². The van der Waals surface area contributed by atoms with Crippen LogP contribution < -0.4 is 20.1 Å². The van der Waals surface area contributed by atoms with E-state index in [4.69, 9.17) is 9.47 Å². The molecule has 0 spiro atoms. The number of rotatable bonds is 7. The number of nitrogens with one attached hydrogen (secondary N) is 2. The first kappa shape index (κ1) is 23.4. The second kappa shape index (κ2) is 11.2. The summed E-state index contributed by atoms with van der Waals surface area (Å²) >= 11 is 1.82. The number of hydrogen-bond acceptors (Lipinski definition) is 5. The summed E-state index contributed by atoms with van der Waals surface area (Å²) in [7, 11) is 4.77. The van der Waals surface area contributed by atoms with Crippen LogP contribution in [0.3, 0.4) is 0 Å². The molecule has 0 aliphatic rings. The fourth-order valence-corrected chi connectivity index (χ4v) is 3.63. The van der Waals surface area contributed by atoms with Gasteiger partial charge in [-0.3, -0.25) is 4.99 Å². The van der Waals surface area contributed by atoms with Crippen molar-refractivity contribution >= 4 is 41.3 Å². The van der Waals surface area contributed by atoms with Crippen LogP contribution in [0.2, 0.25) is 0 Å².